The molecule has 0 aliphatic carbocycles. The average molecular weight is 386 g/mol. The normalized spacial score (nSPS) is 11.9. The summed E-state index contributed by atoms with van der Waals surface area (Å²) in [5.41, 5.74) is 0.619. The van der Waals surface area contributed by atoms with E-state index in [1.54, 1.807) is 13.2 Å². The second-order valence-electron chi connectivity index (χ2n) is 5.53. The van der Waals surface area contributed by atoms with Gasteiger partial charge in [-0.15, -0.1) is 0 Å². The third-order valence-electron chi connectivity index (χ3n) is 3.90. The molecule has 1 rings (SSSR count). The minimum Gasteiger partial charge on any atom is -0.493 e. The fourth-order valence-electron chi connectivity index (χ4n) is 2.36. The number of methoxy groups -OCH3 is 1. The SMILES string of the molecule is CCCCN(C(=O)c1cc(Br)c(OCC)c(OC)c1)C(C)CC. The lowest BCUT2D eigenvalue weighted by Gasteiger charge is -2.29. The molecule has 1 aromatic rings. The Balaban J connectivity index is 3.16. The molecule has 0 saturated heterocycles. The molecule has 0 aliphatic heterocycles. The summed E-state index contributed by atoms with van der Waals surface area (Å²) in [5.74, 6) is 1.24. The summed E-state index contributed by atoms with van der Waals surface area (Å²) in [5, 5.41) is 0. The molecular formula is C18H28BrNO3. The summed E-state index contributed by atoms with van der Waals surface area (Å²) in [6.45, 7) is 9.56. The van der Waals surface area contributed by atoms with E-state index in [0.29, 0.717) is 23.7 Å². The van der Waals surface area contributed by atoms with Gasteiger partial charge in [-0.05, 0) is 54.8 Å². The van der Waals surface area contributed by atoms with Gasteiger partial charge in [-0.2, -0.15) is 0 Å². The van der Waals surface area contributed by atoms with Crippen LogP contribution >= 0.6 is 15.9 Å². The van der Waals surface area contributed by atoms with Gasteiger partial charge in [-0.1, -0.05) is 20.3 Å². The van der Waals surface area contributed by atoms with Gasteiger partial charge < -0.3 is 14.4 Å². The summed E-state index contributed by atoms with van der Waals surface area (Å²) in [7, 11) is 1.59. The number of hydrogen-bond acceptors (Lipinski definition) is 3. The van der Waals surface area contributed by atoms with E-state index < -0.39 is 0 Å². The number of rotatable bonds is 9. The van der Waals surface area contributed by atoms with Crippen LogP contribution in [-0.4, -0.2) is 37.1 Å². The fourth-order valence-corrected chi connectivity index (χ4v) is 2.92. The number of ether oxygens (including phenoxy) is 2. The zero-order valence-corrected chi connectivity index (χ0v) is 16.4. The lowest BCUT2D eigenvalue weighted by molar-refractivity contribution is 0.0685. The Labute approximate surface area is 148 Å². The maximum absolute atomic E-state index is 12.9. The molecule has 0 fully saturated rings. The van der Waals surface area contributed by atoms with Gasteiger partial charge in [0.15, 0.2) is 11.5 Å². The lowest BCUT2D eigenvalue weighted by atomic mass is 10.1. The molecule has 0 heterocycles. The molecule has 5 heteroatoms. The highest BCUT2D eigenvalue weighted by Gasteiger charge is 2.22. The lowest BCUT2D eigenvalue weighted by Crippen LogP contribution is -2.39. The number of amides is 1. The summed E-state index contributed by atoms with van der Waals surface area (Å²) in [6, 6.07) is 3.79. The first-order valence-electron chi connectivity index (χ1n) is 8.31. The highest BCUT2D eigenvalue weighted by atomic mass is 79.9. The van der Waals surface area contributed by atoms with Crippen LogP contribution in [0.4, 0.5) is 0 Å². The van der Waals surface area contributed by atoms with Crippen molar-refractivity contribution < 1.29 is 14.3 Å². The molecule has 0 spiro atoms. The first kappa shape index (κ1) is 19.8. The summed E-state index contributed by atoms with van der Waals surface area (Å²) in [6.07, 6.45) is 3.01. The van der Waals surface area contributed by atoms with E-state index in [9.17, 15) is 4.79 Å². The van der Waals surface area contributed by atoms with Crippen molar-refractivity contribution >= 4 is 21.8 Å². The van der Waals surface area contributed by atoms with Crippen LogP contribution in [0.15, 0.2) is 16.6 Å². The van der Waals surface area contributed by atoms with Crippen molar-refractivity contribution in [2.45, 2.75) is 53.0 Å². The molecule has 130 valence electrons. The Hall–Kier alpha value is -1.23. The second-order valence-corrected chi connectivity index (χ2v) is 6.39. The van der Waals surface area contributed by atoms with Gasteiger partial charge in [-0.25, -0.2) is 0 Å². The topological polar surface area (TPSA) is 38.8 Å². The van der Waals surface area contributed by atoms with Crippen molar-refractivity contribution in [2.75, 3.05) is 20.3 Å². The Morgan fingerprint density at radius 1 is 1.30 bits per heavy atom. The van der Waals surface area contributed by atoms with Gasteiger partial charge >= 0.3 is 0 Å². The van der Waals surface area contributed by atoms with Crippen LogP contribution in [-0.2, 0) is 0 Å². The Bertz CT molecular complexity index is 519. The van der Waals surface area contributed by atoms with E-state index in [-0.39, 0.29) is 11.9 Å². The standard InChI is InChI=1S/C18H28BrNO3/c1-6-9-10-20(13(4)7-2)18(21)14-11-15(19)17(23-8-3)16(12-14)22-5/h11-13H,6-10H2,1-5H3. The Kier molecular flexibility index (Phi) is 8.45. The molecule has 1 amide bonds. The van der Waals surface area contributed by atoms with Crippen LogP contribution in [0.2, 0.25) is 0 Å². The average Bonchev–Trinajstić information content (AvgIpc) is 2.56. The number of hydrogen-bond donors (Lipinski definition) is 0. The van der Waals surface area contributed by atoms with Crippen molar-refractivity contribution in [2.24, 2.45) is 0 Å². The van der Waals surface area contributed by atoms with Crippen molar-refractivity contribution in [1.82, 2.24) is 4.90 Å². The van der Waals surface area contributed by atoms with Gasteiger partial charge in [0.25, 0.3) is 5.91 Å². The molecule has 1 unspecified atom stereocenters. The first-order valence-corrected chi connectivity index (χ1v) is 9.10. The minimum absolute atomic E-state index is 0.0369. The van der Waals surface area contributed by atoms with Gasteiger partial charge in [-0.3, -0.25) is 4.79 Å². The molecule has 1 aromatic carbocycles. The van der Waals surface area contributed by atoms with E-state index in [0.717, 1.165) is 30.3 Å². The number of carbonyl (C=O) groups excluding carboxylic acids is 1. The Morgan fingerprint density at radius 2 is 2.00 bits per heavy atom. The fraction of sp³-hybridized carbons (Fsp3) is 0.611. The number of carbonyl (C=O) groups is 1. The molecule has 0 saturated carbocycles. The molecule has 4 nitrogen and oxygen atoms in total. The van der Waals surface area contributed by atoms with Crippen molar-refractivity contribution in [3.8, 4) is 11.5 Å². The molecule has 0 aromatic heterocycles. The zero-order valence-electron chi connectivity index (χ0n) is 14.8. The van der Waals surface area contributed by atoms with Gasteiger partial charge in [0, 0.05) is 18.2 Å². The van der Waals surface area contributed by atoms with E-state index in [1.807, 2.05) is 17.9 Å². The van der Waals surface area contributed by atoms with Crippen LogP contribution in [0.25, 0.3) is 0 Å². The maximum atomic E-state index is 12.9. The van der Waals surface area contributed by atoms with Gasteiger partial charge in [0.2, 0.25) is 0 Å². The van der Waals surface area contributed by atoms with Crippen LogP contribution in [0.5, 0.6) is 11.5 Å². The highest BCUT2D eigenvalue weighted by molar-refractivity contribution is 9.10. The largest absolute Gasteiger partial charge is 0.493 e. The summed E-state index contributed by atoms with van der Waals surface area (Å²) >= 11 is 3.49. The van der Waals surface area contributed by atoms with Gasteiger partial charge in [0.05, 0.1) is 18.2 Å². The van der Waals surface area contributed by atoms with Crippen LogP contribution in [0, 0.1) is 0 Å². The summed E-state index contributed by atoms with van der Waals surface area (Å²) in [4.78, 5) is 14.9. The number of nitrogens with zero attached hydrogens (tertiary/aromatic N) is 1. The highest BCUT2D eigenvalue weighted by Crippen LogP contribution is 2.37. The molecule has 1 atom stereocenters. The van der Waals surface area contributed by atoms with Crippen molar-refractivity contribution in [3.63, 3.8) is 0 Å². The summed E-state index contributed by atoms with van der Waals surface area (Å²) < 4.78 is 11.7. The third-order valence-corrected chi connectivity index (χ3v) is 4.49. The molecule has 23 heavy (non-hydrogen) atoms. The number of halogens is 1. The van der Waals surface area contributed by atoms with Crippen molar-refractivity contribution in [1.29, 1.82) is 0 Å². The zero-order chi connectivity index (χ0) is 17.4. The third kappa shape index (κ3) is 5.13. The van der Waals surface area contributed by atoms with E-state index >= 15 is 0 Å². The van der Waals surface area contributed by atoms with E-state index in [1.165, 1.54) is 0 Å². The van der Waals surface area contributed by atoms with Crippen LogP contribution in [0.3, 0.4) is 0 Å². The van der Waals surface area contributed by atoms with E-state index in [4.69, 9.17) is 9.47 Å². The van der Waals surface area contributed by atoms with E-state index in [2.05, 4.69) is 36.7 Å². The molecular weight excluding hydrogens is 358 g/mol. The van der Waals surface area contributed by atoms with Crippen LogP contribution in [0.1, 0.15) is 57.3 Å². The molecule has 0 aliphatic rings. The second kappa shape index (κ2) is 9.81. The number of benzene rings is 1. The quantitative estimate of drug-likeness (QED) is 0.606. The van der Waals surface area contributed by atoms with Crippen LogP contribution < -0.4 is 9.47 Å². The predicted octanol–water partition coefficient (Wildman–Crippen LogP) is 4.90. The maximum Gasteiger partial charge on any atom is 0.254 e. The monoisotopic (exact) mass is 385 g/mol. The first-order chi connectivity index (χ1) is 11.0. The smallest absolute Gasteiger partial charge is 0.254 e. The molecule has 0 N–H and O–H groups in total. The van der Waals surface area contributed by atoms with Gasteiger partial charge in [0.1, 0.15) is 0 Å². The number of unbranched alkanes of at least 4 members (excludes halogenated alkanes) is 1. The Morgan fingerprint density at radius 3 is 2.52 bits per heavy atom. The van der Waals surface area contributed by atoms with Crippen molar-refractivity contribution in [3.05, 3.63) is 22.2 Å². The minimum atomic E-state index is 0.0369. The predicted molar refractivity (Wildman–Crippen MR) is 97.6 cm³/mol. The molecule has 0 bridgehead atoms. The molecule has 0 radical (unpaired) electrons.